The molecule has 3 aromatic rings. The Morgan fingerprint density at radius 3 is 2.52 bits per heavy atom. The first-order chi connectivity index (χ1) is 19.3. The van der Waals surface area contributed by atoms with E-state index in [1.807, 2.05) is 67.7 Å². The molecule has 0 radical (unpaired) electrons. The number of benzene rings is 2. The van der Waals surface area contributed by atoms with Crippen molar-refractivity contribution in [1.82, 2.24) is 25.2 Å². The first-order valence-corrected chi connectivity index (χ1v) is 15.4. The van der Waals surface area contributed by atoms with Crippen LogP contribution < -0.4 is 15.4 Å². The molecule has 2 heterocycles. The molecule has 0 fully saturated rings. The highest BCUT2D eigenvalue weighted by Gasteiger charge is 2.22. The molecule has 0 unspecified atom stereocenters. The van der Waals surface area contributed by atoms with Crippen molar-refractivity contribution in [2.45, 2.75) is 26.0 Å². The molecule has 1 aromatic heterocycles. The monoisotopic (exact) mass is 566 g/mol. The second kappa shape index (κ2) is 14.1. The number of nitrogens with one attached hydrogen (secondary N) is 2. The van der Waals surface area contributed by atoms with Crippen LogP contribution in [0.25, 0.3) is 6.08 Å². The Morgan fingerprint density at radius 2 is 1.80 bits per heavy atom. The topological polar surface area (TPSA) is 109 Å². The molecule has 0 saturated carbocycles. The molecule has 2 N–H and O–H groups in total. The van der Waals surface area contributed by atoms with Gasteiger partial charge in [0, 0.05) is 30.6 Å². The number of fused-ring (bicyclic) bond motifs is 1. The van der Waals surface area contributed by atoms with Crippen molar-refractivity contribution in [3.63, 3.8) is 0 Å². The maximum atomic E-state index is 11.4. The van der Waals surface area contributed by atoms with Gasteiger partial charge in [0.1, 0.15) is 40.2 Å². The van der Waals surface area contributed by atoms with Crippen LogP contribution in [0.15, 0.2) is 66.7 Å². The molecule has 40 heavy (non-hydrogen) atoms. The zero-order valence-electron chi connectivity index (χ0n) is 23.3. The van der Waals surface area contributed by atoms with E-state index in [1.165, 1.54) is 6.26 Å². The van der Waals surface area contributed by atoms with E-state index in [4.69, 9.17) is 9.57 Å². The molecule has 214 valence electrons. The maximum Gasteiger partial charge on any atom is 0.148 e. The summed E-state index contributed by atoms with van der Waals surface area (Å²) in [6.45, 7) is 3.14. The Morgan fingerprint density at radius 1 is 1.02 bits per heavy atom. The fraction of sp³-hybridized carbons (Fsp3) is 0.379. The van der Waals surface area contributed by atoms with Crippen LogP contribution in [-0.4, -0.2) is 74.1 Å². The summed E-state index contributed by atoms with van der Waals surface area (Å²) in [5, 5.41) is 8.65. The SMILES string of the molecule is CON1Cc2ncnc(Nc3ccc(OCc4ccccc4)cc3)c2C=C1NCCCCN(C)CCS(C)(=O)=O. The number of hydrogen-bond donors (Lipinski definition) is 2. The lowest BCUT2D eigenvalue weighted by Crippen LogP contribution is -2.34. The van der Waals surface area contributed by atoms with Gasteiger partial charge < -0.3 is 20.3 Å². The van der Waals surface area contributed by atoms with Crippen molar-refractivity contribution in [1.29, 1.82) is 0 Å². The second-order valence-electron chi connectivity index (χ2n) is 9.82. The third-order valence-corrected chi connectivity index (χ3v) is 7.44. The van der Waals surface area contributed by atoms with E-state index in [1.54, 1.807) is 18.5 Å². The van der Waals surface area contributed by atoms with Crippen molar-refractivity contribution in [3.05, 3.63) is 83.6 Å². The standard InChI is InChI=1S/C29H38N6O4S/c1-34(17-18-40(3,36)37)16-8-7-15-30-28-19-26-27(20-35(28)38-2)31-22-32-29(26)33-24-11-13-25(14-12-24)39-21-23-9-5-4-6-10-23/h4-6,9-14,19,22,30H,7-8,15-18,20-21H2,1-3H3,(H,31,32,33). The number of unbranched alkanes of at least 4 members (excludes halogenated alkanes) is 1. The summed E-state index contributed by atoms with van der Waals surface area (Å²) >= 11 is 0. The van der Waals surface area contributed by atoms with Crippen LogP contribution in [0.3, 0.4) is 0 Å². The Kier molecular flexibility index (Phi) is 10.3. The third kappa shape index (κ3) is 8.94. The molecule has 2 aromatic carbocycles. The van der Waals surface area contributed by atoms with Gasteiger partial charge in [-0.25, -0.2) is 23.4 Å². The van der Waals surface area contributed by atoms with Crippen LogP contribution in [0.5, 0.6) is 5.75 Å². The predicted octanol–water partition coefficient (Wildman–Crippen LogP) is 3.82. The van der Waals surface area contributed by atoms with E-state index in [2.05, 4.69) is 25.5 Å². The smallest absolute Gasteiger partial charge is 0.148 e. The van der Waals surface area contributed by atoms with E-state index in [0.717, 1.165) is 60.0 Å². The highest BCUT2D eigenvalue weighted by atomic mass is 32.2. The molecule has 0 spiro atoms. The van der Waals surface area contributed by atoms with Gasteiger partial charge >= 0.3 is 0 Å². The largest absolute Gasteiger partial charge is 0.489 e. The fourth-order valence-electron chi connectivity index (χ4n) is 4.21. The first-order valence-electron chi connectivity index (χ1n) is 13.3. The lowest BCUT2D eigenvalue weighted by molar-refractivity contribution is -0.114. The van der Waals surface area contributed by atoms with Gasteiger partial charge in [-0.15, -0.1) is 0 Å². The van der Waals surface area contributed by atoms with Crippen LogP contribution in [0.2, 0.25) is 0 Å². The Labute approximate surface area is 236 Å². The lowest BCUT2D eigenvalue weighted by atomic mass is 10.1. The average Bonchev–Trinajstić information content (AvgIpc) is 2.95. The van der Waals surface area contributed by atoms with Crippen LogP contribution in [0, 0.1) is 0 Å². The van der Waals surface area contributed by atoms with Gasteiger partial charge in [0.2, 0.25) is 0 Å². The quantitative estimate of drug-likeness (QED) is 0.264. The predicted molar refractivity (Wildman–Crippen MR) is 158 cm³/mol. The molecule has 1 aliphatic rings. The molecular formula is C29H38N6O4S. The molecule has 0 bridgehead atoms. The molecular weight excluding hydrogens is 528 g/mol. The molecule has 0 saturated heterocycles. The number of anilines is 2. The number of hydrogen-bond acceptors (Lipinski definition) is 10. The number of sulfone groups is 1. The van der Waals surface area contributed by atoms with Gasteiger partial charge in [0.15, 0.2) is 0 Å². The van der Waals surface area contributed by atoms with Crippen molar-refractivity contribution >= 4 is 27.4 Å². The molecule has 0 aliphatic carbocycles. The zero-order valence-corrected chi connectivity index (χ0v) is 24.2. The van der Waals surface area contributed by atoms with E-state index in [0.29, 0.717) is 25.5 Å². The number of ether oxygens (including phenoxy) is 1. The van der Waals surface area contributed by atoms with E-state index < -0.39 is 9.84 Å². The average molecular weight is 567 g/mol. The molecule has 4 rings (SSSR count). The molecule has 10 nitrogen and oxygen atoms in total. The minimum atomic E-state index is -2.94. The van der Waals surface area contributed by atoms with E-state index in [-0.39, 0.29) is 5.75 Å². The van der Waals surface area contributed by atoms with Gasteiger partial charge in [-0.3, -0.25) is 4.84 Å². The lowest BCUT2D eigenvalue weighted by Gasteiger charge is -2.30. The van der Waals surface area contributed by atoms with Gasteiger partial charge in [-0.05, 0) is 62.3 Å². The fourth-order valence-corrected chi connectivity index (χ4v) is 4.85. The Bertz CT molecular complexity index is 1370. The number of hydroxylamine groups is 2. The summed E-state index contributed by atoms with van der Waals surface area (Å²) in [6.07, 6.45) is 6.71. The van der Waals surface area contributed by atoms with Gasteiger partial charge in [-0.1, -0.05) is 30.3 Å². The summed E-state index contributed by atoms with van der Waals surface area (Å²) in [6, 6.07) is 17.9. The second-order valence-corrected chi connectivity index (χ2v) is 12.1. The van der Waals surface area contributed by atoms with Crippen LogP contribution in [0.1, 0.15) is 29.7 Å². The Balaban J connectivity index is 1.33. The molecule has 1 aliphatic heterocycles. The van der Waals surface area contributed by atoms with Crippen LogP contribution in [-0.2, 0) is 27.8 Å². The summed E-state index contributed by atoms with van der Waals surface area (Å²) < 4.78 is 28.6. The molecule has 0 atom stereocenters. The van der Waals surface area contributed by atoms with Crippen molar-refractivity contribution < 1.29 is 18.0 Å². The summed E-state index contributed by atoms with van der Waals surface area (Å²) in [4.78, 5) is 16.6. The summed E-state index contributed by atoms with van der Waals surface area (Å²) in [5.74, 6) is 2.53. The maximum absolute atomic E-state index is 11.4. The van der Waals surface area contributed by atoms with Gasteiger partial charge in [0.25, 0.3) is 0 Å². The van der Waals surface area contributed by atoms with Gasteiger partial charge in [0.05, 0.1) is 25.1 Å². The third-order valence-electron chi connectivity index (χ3n) is 6.51. The highest BCUT2D eigenvalue weighted by Crippen LogP contribution is 2.29. The first kappa shape index (κ1) is 29.3. The normalized spacial score (nSPS) is 13.1. The van der Waals surface area contributed by atoms with E-state index >= 15 is 0 Å². The van der Waals surface area contributed by atoms with Crippen molar-refractivity contribution in [2.75, 3.05) is 51.1 Å². The molecule has 0 amide bonds. The number of nitrogens with zero attached hydrogens (tertiary/aromatic N) is 4. The molecule has 11 heteroatoms. The van der Waals surface area contributed by atoms with Gasteiger partial charge in [-0.2, -0.15) is 0 Å². The van der Waals surface area contributed by atoms with Crippen LogP contribution in [0.4, 0.5) is 11.5 Å². The number of rotatable bonds is 15. The van der Waals surface area contributed by atoms with Crippen molar-refractivity contribution in [3.8, 4) is 5.75 Å². The van der Waals surface area contributed by atoms with Crippen molar-refractivity contribution in [2.24, 2.45) is 0 Å². The highest BCUT2D eigenvalue weighted by molar-refractivity contribution is 7.90. The minimum absolute atomic E-state index is 0.182. The minimum Gasteiger partial charge on any atom is -0.489 e. The summed E-state index contributed by atoms with van der Waals surface area (Å²) in [5.41, 5.74) is 3.78. The van der Waals surface area contributed by atoms with E-state index in [9.17, 15) is 8.42 Å². The Hall–Kier alpha value is -3.67. The number of aromatic nitrogens is 2. The summed E-state index contributed by atoms with van der Waals surface area (Å²) in [7, 11) is 0.646. The zero-order chi connectivity index (χ0) is 28.4. The van der Waals surface area contributed by atoms with Crippen LogP contribution >= 0.6 is 0 Å².